The predicted molar refractivity (Wildman–Crippen MR) is 82.3 cm³/mol. The molecule has 6 heteroatoms. The molecule has 1 aromatic carbocycles. The van der Waals surface area contributed by atoms with E-state index in [0.29, 0.717) is 23.6 Å². The summed E-state index contributed by atoms with van der Waals surface area (Å²) in [4.78, 5) is 11.8. The maximum Gasteiger partial charge on any atom is 0.257 e. The molecule has 1 amide bonds. The first-order valence-corrected chi connectivity index (χ1v) is 6.86. The summed E-state index contributed by atoms with van der Waals surface area (Å²) in [6, 6.07) is 5.09. The number of carbonyl (C=O) groups excluding carboxylic acids is 1. The standard InChI is InChI=1S/C14H20N2O3S/c1-3-4-5-16-13(17)9-19-12-7-10(14(15)20)6-11(8-12)18-2/h6-8H,3-5,9H2,1-2H3,(H2,15,20)(H,16,17). The molecule has 0 spiro atoms. The van der Waals surface area contributed by atoms with Crippen molar-refractivity contribution in [2.45, 2.75) is 19.8 Å². The quantitative estimate of drug-likeness (QED) is 0.563. The average molecular weight is 296 g/mol. The molecular weight excluding hydrogens is 276 g/mol. The maximum absolute atomic E-state index is 11.5. The molecule has 0 saturated carbocycles. The van der Waals surface area contributed by atoms with Gasteiger partial charge in [0, 0.05) is 18.2 Å². The van der Waals surface area contributed by atoms with Gasteiger partial charge in [-0.15, -0.1) is 0 Å². The normalized spacial score (nSPS) is 9.90. The molecule has 0 saturated heterocycles. The van der Waals surface area contributed by atoms with Crippen LogP contribution in [0.2, 0.25) is 0 Å². The molecule has 3 N–H and O–H groups in total. The first kappa shape index (κ1) is 16.2. The fourth-order valence-corrected chi connectivity index (χ4v) is 1.64. The van der Waals surface area contributed by atoms with Crippen LogP contribution in [0.1, 0.15) is 25.3 Å². The van der Waals surface area contributed by atoms with Crippen molar-refractivity contribution in [3.8, 4) is 11.5 Å². The second-order valence-corrected chi connectivity index (χ2v) is 4.69. The van der Waals surface area contributed by atoms with Crippen LogP contribution in [0.3, 0.4) is 0 Å². The van der Waals surface area contributed by atoms with Crippen molar-refractivity contribution in [3.05, 3.63) is 23.8 Å². The van der Waals surface area contributed by atoms with Gasteiger partial charge in [0.05, 0.1) is 7.11 Å². The molecule has 0 fully saturated rings. The molecule has 0 heterocycles. The third kappa shape index (κ3) is 5.44. The fraction of sp³-hybridized carbons (Fsp3) is 0.429. The van der Waals surface area contributed by atoms with Crippen LogP contribution in [-0.2, 0) is 4.79 Å². The van der Waals surface area contributed by atoms with Crippen LogP contribution in [0.15, 0.2) is 18.2 Å². The van der Waals surface area contributed by atoms with Crippen LogP contribution in [0, 0.1) is 0 Å². The van der Waals surface area contributed by atoms with Gasteiger partial charge >= 0.3 is 0 Å². The Balaban J connectivity index is 2.60. The number of benzene rings is 1. The lowest BCUT2D eigenvalue weighted by atomic mass is 10.2. The first-order valence-electron chi connectivity index (χ1n) is 6.45. The summed E-state index contributed by atoms with van der Waals surface area (Å²) < 4.78 is 10.6. The Hall–Kier alpha value is -1.82. The van der Waals surface area contributed by atoms with Crippen LogP contribution in [0.5, 0.6) is 11.5 Å². The van der Waals surface area contributed by atoms with E-state index in [1.807, 2.05) is 0 Å². The van der Waals surface area contributed by atoms with Gasteiger partial charge in [-0.05, 0) is 18.6 Å². The molecule has 0 aliphatic heterocycles. The zero-order valence-corrected chi connectivity index (χ0v) is 12.6. The zero-order valence-electron chi connectivity index (χ0n) is 11.8. The molecule has 0 unspecified atom stereocenters. The van der Waals surface area contributed by atoms with E-state index in [2.05, 4.69) is 12.2 Å². The highest BCUT2D eigenvalue weighted by Crippen LogP contribution is 2.22. The van der Waals surface area contributed by atoms with Crippen LogP contribution in [0.4, 0.5) is 0 Å². The SMILES string of the molecule is CCCCNC(=O)COc1cc(OC)cc(C(N)=S)c1. The number of carbonyl (C=O) groups is 1. The van der Waals surface area contributed by atoms with Crippen LogP contribution < -0.4 is 20.5 Å². The summed E-state index contributed by atoms with van der Waals surface area (Å²) in [5.41, 5.74) is 6.22. The summed E-state index contributed by atoms with van der Waals surface area (Å²) in [7, 11) is 1.54. The van der Waals surface area contributed by atoms with Gasteiger partial charge < -0.3 is 20.5 Å². The zero-order chi connectivity index (χ0) is 15.0. The molecule has 0 aliphatic rings. The number of thiocarbonyl (C=S) groups is 1. The van der Waals surface area contributed by atoms with Crippen molar-refractivity contribution in [2.75, 3.05) is 20.3 Å². The van der Waals surface area contributed by atoms with Crippen molar-refractivity contribution in [1.82, 2.24) is 5.32 Å². The van der Waals surface area contributed by atoms with Crippen molar-refractivity contribution in [2.24, 2.45) is 5.73 Å². The van der Waals surface area contributed by atoms with Gasteiger partial charge in [0.15, 0.2) is 6.61 Å². The summed E-state index contributed by atoms with van der Waals surface area (Å²) in [5, 5.41) is 2.77. The van der Waals surface area contributed by atoms with Crippen molar-refractivity contribution in [1.29, 1.82) is 0 Å². The highest BCUT2D eigenvalue weighted by molar-refractivity contribution is 7.80. The fourth-order valence-electron chi connectivity index (χ4n) is 1.52. The molecule has 0 aliphatic carbocycles. The van der Waals surface area contributed by atoms with Crippen molar-refractivity contribution >= 4 is 23.1 Å². The van der Waals surface area contributed by atoms with E-state index in [1.54, 1.807) is 25.3 Å². The Kier molecular flexibility index (Phi) is 6.79. The smallest absolute Gasteiger partial charge is 0.257 e. The molecule has 0 atom stereocenters. The van der Waals surface area contributed by atoms with E-state index in [4.69, 9.17) is 27.4 Å². The number of hydrogen-bond acceptors (Lipinski definition) is 4. The number of rotatable bonds is 8. The minimum absolute atomic E-state index is 0.0480. The summed E-state index contributed by atoms with van der Waals surface area (Å²) in [5.74, 6) is 0.924. The molecule has 0 radical (unpaired) electrons. The number of amides is 1. The average Bonchev–Trinajstić information content (AvgIpc) is 2.45. The minimum atomic E-state index is -0.154. The Morgan fingerprint density at radius 3 is 2.65 bits per heavy atom. The first-order chi connectivity index (χ1) is 9.56. The molecule has 20 heavy (non-hydrogen) atoms. The van der Waals surface area contributed by atoms with Crippen molar-refractivity contribution < 1.29 is 14.3 Å². The Morgan fingerprint density at radius 2 is 2.05 bits per heavy atom. The van der Waals surface area contributed by atoms with Crippen LogP contribution >= 0.6 is 12.2 Å². The highest BCUT2D eigenvalue weighted by atomic mass is 32.1. The lowest BCUT2D eigenvalue weighted by Gasteiger charge is -2.10. The summed E-state index contributed by atoms with van der Waals surface area (Å²) >= 11 is 4.92. The van der Waals surface area contributed by atoms with Gasteiger partial charge in [0.25, 0.3) is 5.91 Å². The Labute approximate surface area is 124 Å². The highest BCUT2D eigenvalue weighted by Gasteiger charge is 2.07. The summed E-state index contributed by atoms with van der Waals surface area (Å²) in [6.07, 6.45) is 1.99. The Bertz CT molecular complexity index is 477. The summed E-state index contributed by atoms with van der Waals surface area (Å²) in [6.45, 7) is 2.68. The van der Waals surface area contributed by atoms with Crippen LogP contribution in [-0.4, -0.2) is 31.2 Å². The number of nitrogens with two attached hydrogens (primary N) is 1. The Morgan fingerprint density at radius 1 is 1.35 bits per heavy atom. The second kappa shape index (κ2) is 8.37. The molecule has 1 rings (SSSR count). The third-order valence-electron chi connectivity index (χ3n) is 2.62. The van der Waals surface area contributed by atoms with E-state index >= 15 is 0 Å². The van der Waals surface area contributed by atoms with E-state index in [1.165, 1.54) is 0 Å². The van der Waals surface area contributed by atoms with Gasteiger partial charge in [0.1, 0.15) is 16.5 Å². The van der Waals surface area contributed by atoms with E-state index < -0.39 is 0 Å². The molecular formula is C14H20N2O3S. The number of nitrogens with one attached hydrogen (secondary N) is 1. The minimum Gasteiger partial charge on any atom is -0.497 e. The lowest BCUT2D eigenvalue weighted by molar-refractivity contribution is -0.123. The molecule has 110 valence electrons. The number of methoxy groups -OCH3 is 1. The lowest BCUT2D eigenvalue weighted by Crippen LogP contribution is -2.29. The molecule has 0 aromatic heterocycles. The monoisotopic (exact) mass is 296 g/mol. The van der Waals surface area contributed by atoms with E-state index in [0.717, 1.165) is 12.8 Å². The topological polar surface area (TPSA) is 73.6 Å². The van der Waals surface area contributed by atoms with Gasteiger partial charge in [0.2, 0.25) is 0 Å². The van der Waals surface area contributed by atoms with Gasteiger partial charge in [-0.2, -0.15) is 0 Å². The number of unbranched alkanes of at least 4 members (excludes halogenated alkanes) is 1. The largest absolute Gasteiger partial charge is 0.497 e. The second-order valence-electron chi connectivity index (χ2n) is 4.25. The molecule has 1 aromatic rings. The van der Waals surface area contributed by atoms with E-state index in [9.17, 15) is 4.79 Å². The van der Waals surface area contributed by atoms with Gasteiger partial charge in [-0.25, -0.2) is 0 Å². The van der Waals surface area contributed by atoms with Gasteiger partial charge in [-0.1, -0.05) is 25.6 Å². The molecule has 0 bridgehead atoms. The molecule has 5 nitrogen and oxygen atoms in total. The van der Waals surface area contributed by atoms with Crippen LogP contribution in [0.25, 0.3) is 0 Å². The maximum atomic E-state index is 11.5. The van der Waals surface area contributed by atoms with Crippen molar-refractivity contribution in [3.63, 3.8) is 0 Å². The van der Waals surface area contributed by atoms with E-state index in [-0.39, 0.29) is 17.5 Å². The third-order valence-corrected chi connectivity index (χ3v) is 2.86. The number of ether oxygens (including phenoxy) is 2. The number of hydrogen-bond donors (Lipinski definition) is 2. The van der Waals surface area contributed by atoms with Gasteiger partial charge in [-0.3, -0.25) is 4.79 Å². The predicted octanol–water partition coefficient (Wildman–Crippen LogP) is 1.62.